The zero-order valence-electron chi connectivity index (χ0n) is 29.8. The summed E-state index contributed by atoms with van der Waals surface area (Å²) in [5, 5.41) is 0. The summed E-state index contributed by atoms with van der Waals surface area (Å²) in [7, 11) is 0. The zero-order valence-corrected chi connectivity index (χ0v) is 29.8. The molecule has 1 aromatic heterocycles. The van der Waals surface area contributed by atoms with E-state index in [0.717, 1.165) is 0 Å². The van der Waals surface area contributed by atoms with Crippen LogP contribution in [0.25, 0.3) is 0 Å². The Morgan fingerprint density at radius 3 is 0.672 bits per heavy atom. The summed E-state index contributed by atoms with van der Waals surface area (Å²) in [6.07, 6.45) is -0.790. The first-order valence-corrected chi connectivity index (χ1v) is 15.7. The Hall–Kier alpha value is -5.25. The SMILES string of the molecule is CC(C)(C)n1cc[n+](C(C)(C)C)c1.Fc1c(F)c(F)c([B-](c2c(F)c(F)c(F)c(F)c2F)(c2c(F)c(F)c(F)c(F)c2F)c2c(F)c(F)c(F)c(F)c2F)c(F)c1F. The van der Waals surface area contributed by atoms with Gasteiger partial charge in [-0.3, -0.25) is 0 Å². The summed E-state index contributed by atoms with van der Waals surface area (Å²) in [5.74, 6) is -71.4. The Bertz CT molecular complexity index is 2070. The topological polar surface area (TPSA) is 8.81 Å². The van der Waals surface area contributed by atoms with Crippen LogP contribution in [0.5, 0.6) is 0 Å². The summed E-state index contributed by atoms with van der Waals surface area (Å²) in [4.78, 5) is 0. The maximum Gasteiger partial charge on any atom is 0.244 e. The lowest BCUT2D eigenvalue weighted by molar-refractivity contribution is -0.753. The molecule has 0 aliphatic heterocycles. The van der Waals surface area contributed by atoms with E-state index < -0.39 is 144 Å². The predicted molar refractivity (Wildman–Crippen MR) is 164 cm³/mol. The van der Waals surface area contributed by atoms with Gasteiger partial charge in [0.15, 0.2) is 69.8 Å². The molecule has 0 atom stereocenters. The average molecular weight is 860 g/mol. The third kappa shape index (κ3) is 6.82. The molecule has 0 N–H and O–H groups in total. The second kappa shape index (κ2) is 15.2. The van der Waals surface area contributed by atoms with Gasteiger partial charge in [-0.15, -0.1) is 21.9 Å². The fourth-order valence-corrected chi connectivity index (χ4v) is 6.02. The molecule has 1 heterocycles. The first-order chi connectivity index (χ1) is 26.4. The molecule has 2 nitrogen and oxygen atoms in total. The Morgan fingerprint density at radius 2 is 0.534 bits per heavy atom. The van der Waals surface area contributed by atoms with Gasteiger partial charge in [0.2, 0.25) is 6.33 Å². The second-order valence-corrected chi connectivity index (χ2v) is 14.4. The monoisotopic (exact) mass is 860 g/mol. The molecule has 0 fully saturated rings. The second-order valence-electron chi connectivity index (χ2n) is 14.4. The lowest BCUT2D eigenvalue weighted by Crippen LogP contribution is -2.81. The van der Waals surface area contributed by atoms with Gasteiger partial charge >= 0.3 is 0 Å². The summed E-state index contributed by atoms with van der Waals surface area (Å²) in [5.41, 5.74) is -14.0. The zero-order chi connectivity index (χ0) is 44.6. The van der Waals surface area contributed by atoms with Crippen molar-refractivity contribution in [2.45, 2.75) is 52.6 Å². The van der Waals surface area contributed by atoms with Crippen LogP contribution in [0, 0.1) is 116 Å². The van der Waals surface area contributed by atoms with Crippen molar-refractivity contribution in [3.05, 3.63) is 135 Å². The van der Waals surface area contributed by atoms with Crippen LogP contribution in [0.4, 0.5) is 87.8 Å². The molecule has 5 aromatic rings. The van der Waals surface area contributed by atoms with Gasteiger partial charge in [-0.1, -0.05) is 0 Å². The molecule has 314 valence electrons. The fourth-order valence-electron chi connectivity index (χ4n) is 6.02. The molecule has 0 saturated carbocycles. The fraction of sp³-hybridized carbons (Fsp3) is 0.229. The van der Waals surface area contributed by atoms with E-state index in [2.05, 4.69) is 69.4 Å². The van der Waals surface area contributed by atoms with Crippen molar-refractivity contribution in [1.29, 1.82) is 0 Å². The number of aromatic nitrogens is 2. The van der Waals surface area contributed by atoms with Gasteiger partial charge in [-0.05, 0) is 41.5 Å². The van der Waals surface area contributed by atoms with Crippen LogP contribution in [-0.4, -0.2) is 10.7 Å². The smallest absolute Gasteiger partial charge is 0.232 e. The number of rotatable bonds is 4. The number of halogens is 20. The van der Waals surface area contributed by atoms with E-state index in [9.17, 15) is 52.7 Å². The summed E-state index contributed by atoms with van der Waals surface area (Å²) in [6, 6.07) is 0. The van der Waals surface area contributed by atoms with Crippen LogP contribution < -0.4 is 26.4 Å². The van der Waals surface area contributed by atoms with Gasteiger partial charge < -0.3 is 0 Å². The molecule has 58 heavy (non-hydrogen) atoms. The van der Waals surface area contributed by atoms with Crippen LogP contribution >= 0.6 is 0 Å². The van der Waals surface area contributed by atoms with Gasteiger partial charge in [-0.25, -0.2) is 96.9 Å². The molecular weight excluding hydrogens is 839 g/mol. The van der Waals surface area contributed by atoms with Gasteiger partial charge in [-0.2, -0.15) is 0 Å². The average Bonchev–Trinajstić information content (AvgIpc) is 3.68. The lowest BCUT2D eigenvalue weighted by Gasteiger charge is -2.44. The quantitative estimate of drug-likeness (QED) is 0.0568. The largest absolute Gasteiger partial charge is 0.244 e. The van der Waals surface area contributed by atoms with Crippen LogP contribution in [-0.2, 0) is 11.1 Å². The van der Waals surface area contributed by atoms with E-state index in [1.54, 1.807) is 0 Å². The third-order valence-electron chi connectivity index (χ3n) is 8.89. The van der Waals surface area contributed by atoms with Crippen LogP contribution in [0.2, 0.25) is 0 Å². The summed E-state index contributed by atoms with van der Waals surface area (Å²) < 4.78 is 298. The van der Waals surface area contributed by atoms with E-state index >= 15 is 35.1 Å². The Morgan fingerprint density at radius 1 is 0.345 bits per heavy atom. The van der Waals surface area contributed by atoms with Crippen LogP contribution in [0.1, 0.15) is 41.5 Å². The molecule has 0 aliphatic carbocycles. The molecule has 23 heteroatoms. The normalized spacial score (nSPS) is 12.3. The lowest BCUT2D eigenvalue weighted by atomic mass is 9.12. The highest BCUT2D eigenvalue weighted by molar-refractivity contribution is 7.20. The molecule has 0 amide bonds. The number of nitrogens with zero attached hydrogens (tertiary/aromatic N) is 2. The highest BCUT2D eigenvalue weighted by atomic mass is 19.2. The van der Waals surface area contributed by atoms with Crippen LogP contribution in [0.3, 0.4) is 0 Å². The van der Waals surface area contributed by atoms with E-state index in [1.807, 2.05) is 0 Å². The van der Waals surface area contributed by atoms with Gasteiger partial charge in [0.05, 0.1) is 0 Å². The molecule has 0 radical (unpaired) electrons. The van der Waals surface area contributed by atoms with E-state index in [-0.39, 0.29) is 11.1 Å². The van der Waals surface area contributed by atoms with E-state index in [4.69, 9.17) is 0 Å². The van der Waals surface area contributed by atoms with Crippen molar-refractivity contribution in [1.82, 2.24) is 4.57 Å². The van der Waals surface area contributed by atoms with Crippen molar-refractivity contribution in [3.63, 3.8) is 0 Å². The number of hydrogen-bond donors (Lipinski definition) is 0. The molecule has 0 aliphatic rings. The Kier molecular flexibility index (Phi) is 11.9. The highest BCUT2D eigenvalue weighted by Crippen LogP contribution is 2.30. The number of benzene rings is 4. The summed E-state index contributed by atoms with van der Waals surface area (Å²) in [6.45, 7) is 13.3. The first kappa shape index (κ1) is 45.5. The molecule has 0 unspecified atom stereocenters. The molecule has 0 spiro atoms. The van der Waals surface area contributed by atoms with Gasteiger partial charge in [0, 0.05) is 0 Å². The van der Waals surface area contributed by atoms with Crippen molar-refractivity contribution in [3.8, 4) is 0 Å². The Balaban J connectivity index is 0.000000486. The number of imidazole rings is 1. The highest BCUT2D eigenvalue weighted by Gasteiger charge is 2.52. The van der Waals surface area contributed by atoms with Crippen molar-refractivity contribution in [2.75, 3.05) is 0 Å². The summed E-state index contributed by atoms with van der Waals surface area (Å²) >= 11 is 0. The van der Waals surface area contributed by atoms with Gasteiger partial charge in [0.25, 0.3) is 0 Å². The maximum absolute atomic E-state index is 15.4. The molecule has 4 aromatic carbocycles. The van der Waals surface area contributed by atoms with Crippen LogP contribution in [0.15, 0.2) is 18.7 Å². The molecular formula is C35H21BF20N2. The number of hydrogen-bond acceptors (Lipinski definition) is 0. The van der Waals surface area contributed by atoms with E-state index in [0.29, 0.717) is 0 Å². The minimum Gasteiger partial charge on any atom is -0.232 e. The third-order valence-corrected chi connectivity index (χ3v) is 8.89. The minimum absolute atomic E-state index is 0.177. The maximum atomic E-state index is 15.4. The minimum atomic E-state index is -7.22. The van der Waals surface area contributed by atoms with E-state index in [1.165, 1.54) is 0 Å². The van der Waals surface area contributed by atoms with Crippen molar-refractivity contribution >= 4 is 28.0 Å². The van der Waals surface area contributed by atoms with Gasteiger partial charge in [0.1, 0.15) is 76.2 Å². The first-order valence-electron chi connectivity index (χ1n) is 15.7. The van der Waals surface area contributed by atoms with Crippen molar-refractivity contribution in [2.24, 2.45) is 0 Å². The Labute approximate surface area is 312 Å². The molecule has 0 bridgehead atoms. The molecule has 0 saturated heterocycles. The molecule has 5 rings (SSSR count). The predicted octanol–water partition coefficient (Wildman–Crippen LogP) is 8.13. The van der Waals surface area contributed by atoms with Crippen molar-refractivity contribution < 1.29 is 92.4 Å². The standard InChI is InChI=1S/C24BF20.C11H21N2/c26-5-1(6(27)14(35)21(42)13(5)34)25(2-7(28)15(36)22(43)16(37)8(2)29,3-9(30)17(38)23(44)18(39)10(3)31)4-11(32)19(40)24(45)20(41)12(4)33;1-10(2,3)12-7-8-13(9-12)11(4,5)6/h;7-9H,1-6H3/q-1;+1.